The summed E-state index contributed by atoms with van der Waals surface area (Å²) >= 11 is 0. The molecule has 4 heteroatoms. The van der Waals surface area contributed by atoms with Crippen LogP contribution in [-0.2, 0) is 4.74 Å². The first-order valence-corrected chi connectivity index (χ1v) is 5.42. The SMILES string of the molecule is CCCNCCO.CCOCCCN. The van der Waals surface area contributed by atoms with Crippen molar-refractivity contribution in [2.75, 3.05) is 39.5 Å². The summed E-state index contributed by atoms with van der Waals surface area (Å²) in [7, 11) is 0. The van der Waals surface area contributed by atoms with Crippen molar-refractivity contribution in [1.82, 2.24) is 5.32 Å². The predicted molar refractivity (Wildman–Crippen MR) is 60.4 cm³/mol. The van der Waals surface area contributed by atoms with Gasteiger partial charge in [-0.05, 0) is 32.9 Å². The van der Waals surface area contributed by atoms with Crippen LogP contribution < -0.4 is 11.1 Å². The number of rotatable bonds is 8. The second-order valence-corrected chi connectivity index (χ2v) is 2.81. The maximum atomic E-state index is 8.23. The van der Waals surface area contributed by atoms with Crippen molar-refractivity contribution in [3.05, 3.63) is 0 Å². The number of nitrogens with one attached hydrogen (secondary N) is 1. The molecular formula is C10H26N2O2. The van der Waals surface area contributed by atoms with Gasteiger partial charge in [-0.1, -0.05) is 6.92 Å². The Morgan fingerprint density at radius 2 is 2.00 bits per heavy atom. The Morgan fingerprint density at radius 3 is 2.43 bits per heavy atom. The summed E-state index contributed by atoms with van der Waals surface area (Å²) in [6, 6.07) is 0. The molecule has 0 atom stereocenters. The molecule has 0 rings (SSSR count). The van der Waals surface area contributed by atoms with Crippen LogP contribution in [-0.4, -0.2) is 44.6 Å². The first-order valence-electron chi connectivity index (χ1n) is 5.42. The maximum Gasteiger partial charge on any atom is 0.0555 e. The smallest absolute Gasteiger partial charge is 0.0555 e. The molecule has 0 aromatic rings. The molecule has 0 saturated heterocycles. The van der Waals surface area contributed by atoms with E-state index in [2.05, 4.69) is 12.2 Å². The number of hydrogen-bond acceptors (Lipinski definition) is 4. The lowest BCUT2D eigenvalue weighted by Crippen LogP contribution is -2.18. The molecule has 14 heavy (non-hydrogen) atoms. The minimum absolute atomic E-state index is 0.250. The minimum Gasteiger partial charge on any atom is -0.395 e. The summed E-state index contributed by atoms with van der Waals surface area (Å²) in [5.74, 6) is 0. The summed E-state index contributed by atoms with van der Waals surface area (Å²) in [4.78, 5) is 0. The van der Waals surface area contributed by atoms with Gasteiger partial charge < -0.3 is 20.9 Å². The number of hydrogen-bond donors (Lipinski definition) is 3. The van der Waals surface area contributed by atoms with Crippen LogP contribution in [0.15, 0.2) is 0 Å². The molecule has 0 fully saturated rings. The quantitative estimate of drug-likeness (QED) is 0.501. The number of aliphatic hydroxyl groups excluding tert-OH is 1. The average Bonchev–Trinajstić information content (AvgIpc) is 2.21. The Hall–Kier alpha value is -0.160. The van der Waals surface area contributed by atoms with E-state index in [1.54, 1.807) is 0 Å². The van der Waals surface area contributed by atoms with Crippen molar-refractivity contribution >= 4 is 0 Å². The van der Waals surface area contributed by atoms with Crippen molar-refractivity contribution < 1.29 is 9.84 Å². The molecule has 88 valence electrons. The fourth-order valence-electron chi connectivity index (χ4n) is 0.711. The van der Waals surface area contributed by atoms with Crippen LogP contribution in [0.4, 0.5) is 0 Å². The third kappa shape index (κ3) is 22.6. The molecule has 0 saturated carbocycles. The molecule has 0 bridgehead atoms. The monoisotopic (exact) mass is 206 g/mol. The highest BCUT2D eigenvalue weighted by molar-refractivity contribution is 4.39. The first-order chi connectivity index (χ1) is 6.83. The highest BCUT2D eigenvalue weighted by atomic mass is 16.5. The molecule has 0 aromatic carbocycles. The zero-order valence-electron chi connectivity index (χ0n) is 9.59. The lowest BCUT2D eigenvalue weighted by molar-refractivity contribution is 0.146. The molecule has 0 spiro atoms. The largest absolute Gasteiger partial charge is 0.395 e. The average molecular weight is 206 g/mol. The Morgan fingerprint density at radius 1 is 1.29 bits per heavy atom. The molecule has 0 aliphatic heterocycles. The Balaban J connectivity index is 0. The normalized spacial score (nSPS) is 9.43. The molecule has 0 aliphatic carbocycles. The molecule has 0 radical (unpaired) electrons. The van der Waals surface area contributed by atoms with Gasteiger partial charge in [-0.3, -0.25) is 0 Å². The highest BCUT2D eigenvalue weighted by Gasteiger charge is 1.78. The van der Waals surface area contributed by atoms with Gasteiger partial charge in [-0.25, -0.2) is 0 Å². The molecular weight excluding hydrogens is 180 g/mol. The summed E-state index contributed by atoms with van der Waals surface area (Å²) in [5.41, 5.74) is 5.19. The van der Waals surface area contributed by atoms with Gasteiger partial charge in [0.05, 0.1) is 6.61 Å². The molecule has 0 aliphatic rings. The van der Waals surface area contributed by atoms with E-state index in [1.165, 1.54) is 0 Å². The van der Waals surface area contributed by atoms with Gasteiger partial charge in [-0.15, -0.1) is 0 Å². The third-order valence-electron chi connectivity index (χ3n) is 1.41. The Bertz CT molecular complexity index is 64.5. The van der Waals surface area contributed by atoms with E-state index in [0.717, 1.165) is 45.7 Å². The van der Waals surface area contributed by atoms with Gasteiger partial charge in [0.15, 0.2) is 0 Å². The zero-order valence-corrected chi connectivity index (χ0v) is 9.59. The van der Waals surface area contributed by atoms with Crippen LogP contribution in [0, 0.1) is 0 Å². The van der Waals surface area contributed by atoms with Crippen LogP contribution in [0.2, 0.25) is 0 Å². The van der Waals surface area contributed by atoms with Crippen LogP contribution >= 0.6 is 0 Å². The van der Waals surface area contributed by atoms with Crippen molar-refractivity contribution in [3.8, 4) is 0 Å². The second kappa shape index (κ2) is 18.6. The maximum absolute atomic E-state index is 8.23. The van der Waals surface area contributed by atoms with E-state index < -0.39 is 0 Å². The summed E-state index contributed by atoms with van der Waals surface area (Å²) in [6.07, 6.45) is 2.12. The molecule has 0 amide bonds. The van der Waals surface area contributed by atoms with Gasteiger partial charge in [0.1, 0.15) is 0 Å². The molecule has 0 unspecified atom stereocenters. The van der Waals surface area contributed by atoms with Crippen molar-refractivity contribution in [1.29, 1.82) is 0 Å². The van der Waals surface area contributed by atoms with Crippen molar-refractivity contribution in [3.63, 3.8) is 0 Å². The van der Waals surface area contributed by atoms with E-state index in [9.17, 15) is 0 Å². The van der Waals surface area contributed by atoms with Gasteiger partial charge >= 0.3 is 0 Å². The molecule has 0 heterocycles. The zero-order chi connectivity index (χ0) is 11.1. The lowest BCUT2D eigenvalue weighted by atomic mass is 10.5. The molecule has 4 nitrogen and oxygen atoms in total. The van der Waals surface area contributed by atoms with E-state index in [0.29, 0.717) is 0 Å². The highest BCUT2D eigenvalue weighted by Crippen LogP contribution is 1.76. The van der Waals surface area contributed by atoms with E-state index >= 15 is 0 Å². The predicted octanol–water partition coefficient (Wildman–Crippen LogP) is 0.350. The topological polar surface area (TPSA) is 67.5 Å². The fourth-order valence-corrected chi connectivity index (χ4v) is 0.711. The first kappa shape index (κ1) is 16.3. The number of aliphatic hydroxyl groups is 1. The van der Waals surface area contributed by atoms with Crippen molar-refractivity contribution in [2.24, 2.45) is 5.73 Å². The van der Waals surface area contributed by atoms with Crippen LogP contribution in [0.25, 0.3) is 0 Å². The van der Waals surface area contributed by atoms with Crippen LogP contribution in [0.1, 0.15) is 26.7 Å². The Labute approximate surface area is 87.8 Å². The number of nitrogens with two attached hydrogens (primary N) is 1. The number of ether oxygens (including phenoxy) is 1. The van der Waals surface area contributed by atoms with E-state index in [1.807, 2.05) is 6.92 Å². The van der Waals surface area contributed by atoms with Gasteiger partial charge in [0, 0.05) is 19.8 Å². The van der Waals surface area contributed by atoms with Gasteiger partial charge in [0.2, 0.25) is 0 Å². The minimum atomic E-state index is 0.250. The molecule has 4 N–H and O–H groups in total. The van der Waals surface area contributed by atoms with E-state index in [4.69, 9.17) is 15.6 Å². The standard InChI is InChI=1S/2C5H13NO/c1-2-7-5-3-4-6;1-2-3-6-4-5-7/h2-6H2,1H3;6-7H,2-5H2,1H3. The lowest BCUT2D eigenvalue weighted by Gasteiger charge is -1.95. The van der Waals surface area contributed by atoms with E-state index in [-0.39, 0.29) is 6.61 Å². The van der Waals surface area contributed by atoms with Gasteiger partial charge in [0.25, 0.3) is 0 Å². The van der Waals surface area contributed by atoms with Crippen LogP contribution in [0.3, 0.4) is 0 Å². The summed E-state index contributed by atoms with van der Waals surface area (Å²) < 4.78 is 4.99. The summed E-state index contributed by atoms with van der Waals surface area (Å²) in [6.45, 7) is 8.43. The molecule has 0 aromatic heterocycles. The second-order valence-electron chi connectivity index (χ2n) is 2.81. The fraction of sp³-hybridized carbons (Fsp3) is 1.00. The Kier molecular flexibility index (Phi) is 21.6. The van der Waals surface area contributed by atoms with Crippen molar-refractivity contribution in [2.45, 2.75) is 26.7 Å². The third-order valence-corrected chi connectivity index (χ3v) is 1.41. The van der Waals surface area contributed by atoms with Gasteiger partial charge in [-0.2, -0.15) is 0 Å². The summed E-state index contributed by atoms with van der Waals surface area (Å²) in [5, 5.41) is 11.3. The van der Waals surface area contributed by atoms with Crippen LogP contribution in [0.5, 0.6) is 0 Å².